The van der Waals surface area contributed by atoms with Gasteiger partial charge in [0.2, 0.25) is 0 Å². The van der Waals surface area contributed by atoms with Gasteiger partial charge in [-0.05, 0) is 26.3 Å². The summed E-state index contributed by atoms with van der Waals surface area (Å²) < 4.78 is 0. The molecule has 0 saturated carbocycles. The van der Waals surface area contributed by atoms with Gasteiger partial charge >= 0.3 is 0 Å². The van der Waals surface area contributed by atoms with Crippen LogP contribution in [0.4, 0.5) is 0 Å². The van der Waals surface area contributed by atoms with E-state index in [1.54, 1.807) is 5.70 Å². The lowest BCUT2D eigenvalue weighted by molar-refractivity contribution is 0.283. The summed E-state index contributed by atoms with van der Waals surface area (Å²) in [5.41, 5.74) is 1.58. The van der Waals surface area contributed by atoms with Gasteiger partial charge in [-0.1, -0.05) is 19.9 Å². The largest absolute Gasteiger partial charge is 0.375 e. The molecule has 0 atom stereocenters. The monoisotopic (exact) mass is 196 g/mol. The summed E-state index contributed by atoms with van der Waals surface area (Å²) >= 11 is 0. The van der Waals surface area contributed by atoms with Crippen molar-refractivity contribution in [3.8, 4) is 0 Å². The van der Waals surface area contributed by atoms with Crippen molar-refractivity contribution < 1.29 is 0 Å². The molecule has 14 heavy (non-hydrogen) atoms. The molecule has 0 radical (unpaired) electrons. The molecule has 0 saturated heterocycles. The van der Waals surface area contributed by atoms with Crippen molar-refractivity contribution in [2.75, 3.05) is 33.2 Å². The minimum absolute atomic E-state index is 1.12. The Bertz CT molecular complexity index is 181. The van der Waals surface area contributed by atoms with Crippen molar-refractivity contribution in [3.63, 3.8) is 0 Å². The Morgan fingerprint density at radius 2 is 1.93 bits per heavy atom. The van der Waals surface area contributed by atoms with E-state index >= 15 is 0 Å². The number of nitrogens with zero attached hydrogens (tertiary/aromatic N) is 2. The number of hydrogen-bond acceptors (Lipinski definition) is 2. The molecule has 2 nitrogen and oxygen atoms in total. The minimum atomic E-state index is 1.12. The van der Waals surface area contributed by atoms with Crippen LogP contribution in [0.15, 0.2) is 11.8 Å². The quantitative estimate of drug-likeness (QED) is 0.666. The molecule has 0 amide bonds. The lowest BCUT2D eigenvalue weighted by Crippen LogP contribution is -2.32. The third-order valence-electron chi connectivity index (χ3n) is 2.78. The van der Waals surface area contributed by atoms with Crippen LogP contribution >= 0.6 is 0 Å². The molecule has 1 aliphatic rings. The van der Waals surface area contributed by atoms with Crippen LogP contribution in [-0.4, -0.2) is 43.0 Å². The summed E-state index contributed by atoms with van der Waals surface area (Å²) in [6.07, 6.45) is 6.14. The van der Waals surface area contributed by atoms with Crippen LogP contribution in [0.2, 0.25) is 0 Å². The van der Waals surface area contributed by atoms with E-state index in [0.717, 1.165) is 6.54 Å². The molecular weight excluding hydrogens is 172 g/mol. The standard InChI is InChI=1S/C12H24N2/c1-4-8-14(9-5-2)12-6-10-13(3)11-7-12/h6H,4-5,7-11H2,1-3H3. The number of hydrogen-bond donors (Lipinski definition) is 0. The molecule has 0 aromatic rings. The molecule has 1 heterocycles. The van der Waals surface area contributed by atoms with E-state index < -0.39 is 0 Å². The van der Waals surface area contributed by atoms with Gasteiger partial charge in [-0.3, -0.25) is 0 Å². The predicted molar refractivity (Wildman–Crippen MR) is 62.4 cm³/mol. The molecule has 0 aromatic carbocycles. The normalized spacial score (nSPS) is 18.1. The average Bonchev–Trinajstić information content (AvgIpc) is 2.19. The summed E-state index contributed by atoms with van der Waals surface area (Å²) in [7, 11) is 2.19. The molecule has 0 spiro atoms. The fourth-order valence-electron chi connectivity index (χ4n) is 1.99. The lowest BCUT2D eigenvalue weighted by Gasteiger charge is -2.31. The van der Waals surface area contributed by atoms with Crippen LogP contribution in [0.1, 0.15) is 33.1 Å². The summed E-state index contributed by atoms with van der Waals surface area (Å²) in [6, 6.07) is 0. The van der Waals surface area contributed by atoms with Crippen LogP contribution in [0.3, 0.4) is 0 Å². The molecule has 2 heteroatoms. The maximum absolute atomic E-state index is 2.56. The Labute approximate surface area is 88.6 Å². The highest BCUT2D eigenvalue weighted by Gasteiger charge is 2.12. The molecule has 0 aromatic heterocycles. The highest BCUT2D eigenvalue weighted by molar-refractivity contribution is 5.06. The molecule has 0 N–H and O–H groups in total. The summed E-state index contributed by atoms with van der Waals surface area (Å²) in [5, 5.41) is 0. The first-order valence-electron chi connectivity index (χ1n) is 5.90. The maximum Gasteiger partial charge on any atom is 0.0180 e. The Balaban J connectivity index is 2.49. The maximum atomic E-state index is 2.56. The fourth-order valence-corrected chi connectivity index (χ4v) is 1.99. The zero-order valence-electron chi connectivity index (χ0n) is 9.92. The van der Waals surface area contributed by atoms with Crippen LogP contribution < -0.4 is 0 Å². The number of rotatable bonds is 5. The highest BCUT2D eigenvalue weighted by Crippen LogP contribution is 2.15. The van der Waals surface area contributed by atoms with Crippen LogP contribution in [0, 0.1) is 0 Å². The molecule has 0 fully saturated rings. The van der Waals surface area contributed by atoms with Crippen molar-refractivity contribution >= 4 is 0 Å². The number of likely N-dealkylation sites (N-methyl/N-ethyl adjacent to an activating group) is 1. The molecule has 0 unspecified atom stereocenters. The highest BCUT2D eigenvalue weighted by atomic mass is 15.2. The summed E-state index contributed by atoms with van der Waals surface area (Å²) in [4.78, 5) is 4.94. The second kappa shape index (κ2) is 6.07. The van der Waals surface area contributed by atoms with Gasteiger partial charge in [0.15, 0.2) is 0 Å². The first kappa shape index (κ1) is 11.6. The van der Waals surface area contributed by atoms with Gasteiger partial charge in [0, 0.05) is 31.9 Å². The molecule has 82 valence electrons. The van der Waals surface area contributed by atoms with E-state index in [1.807, 2.05) is 0 Å². The predicted octanol–water partition coefficient (Wildman–Crippen LogP) is 2.33. The smallest absolute Gasteiger partial charge is 0.0180 e. The van der Waals surface area contributed by atoms with Crippen molar-refractivity contribution in [2.45, 2.75) is 33.1 Å². The summed E-state index contributed by atoms with van der Waals surface area (Å²) in [6.45, 7) is 9.32. The molecule has 1 aliphatic heterocycles. The molecule has 0 bridgehead atoms. The van der Waals surface area contributed by atoms with Gasteiger partial charge in [-0.2, -0.15) is 0 Å². The van der Waals surface area contributed by atoms with Gasteiger partial charge in [0.05, 0.1) is 0 Å². The zero-order valence-corrected chi connectivity index (χ0v) is 9.92. The van der Waals surface area contributed by atoms with Gasteiger partial charge in [-0.15, -0.1) is 0 Å². The third-order valence-corrected chi connectivity index (χ3v) is 2.78. The van der Waals surface area contributed by atoms with Crippen molar-refractivity contribution in [2.24, 2.45) is 0 Å². The van der Waals surface area contributed by atoms with E-state index in [-0.39, 0.29) is 0 Å². The van der Waals surface area contributed by atoms with Gasteiger partial charge in [0.1, 0.15) is 0 Å². The van der Waals surface area contributed by atoms with E-state index in [0.29, 0.717) is 0 Å². The van der Waals surface area contributed by atoms with Crippen LogP contribution in [0.5, 0.6) is 0 Å². The average molecular weight is 196 g/mol. The van der Waals surface area contributed by atoms with E-state index in [2.05, 4.69) is 36.8 Å². The first-order valence-corrected chi connectivity index (χ1v) is 5.90. The Morgan fingerprint density at radius 1 is 1.29 bits per heavy atom. The van der Waals surface area contributed by atoms with Crippen molar-refractivity contribution in [1.82, 2.24) is 9.80 Å². The fraction of sp³-hybridized carbons (Fsp3) is 0.833. The van der Waals surface area contributed by atoms with Crippen LogP contribution in [0.25, 0.3) is 0 Å². The first-order chi connectivity index (χ1) is 6.77. The Morgan fingerprint density at radius 3 is 2.36 bits per heavy atom. The lowest BCUT2D eigenvalue weighted by atomic mass is 10.1. The van der Waals surface area contributed by atoms with Gasteiger partial charge < -0.3 is 9.80 Å². The topological polar surface area (TPSA) is 6.48 Å². The second-order valence-corrected chi connectivity index (χ2v) is 4.19. The molecule has 1 rings (SSSR count). The van der Waals surface area contributed by atoms with Crippen molar-refractivity contribution in [1.29, 1.82) is 0 Å². The van der Waals surface area contributed by atoms with Crippen LogP contribution in [-0.2, 0) is 0 Å². The van der Waals surface area contributed by atoms with Crippen molar-refractivity contribution in [3.05, 3.63) is 11.8 Å². The molecule has 0 aliphatic carbocycles. The van der Waals surface area contributed by atoms with Gasteiger partial charge in [-0.25, -0.2) is 0 Å². The van der Waals surface area contributed by atoms with E-state index in [9.17, 15) is 0 Å². The SMILES string of the molecule is CCCN(CCC)C1=CCN(C)CC1. The minimum Gasteiger partial charge on any atom is -0.375 e. The Hall–Kier alpha value is -0.500. The summed E-state index contributed by atoms with van der Waals surface area (Å²) in [5.74, 6) is 0. The van der Waals surface area contributed by atoms with E-state index in [4.69, 9.17) is 0 Å². The second-order valence-electron chi connectivity index (χ2n) is 4.19. The van der Waals surface area contributed by atoms with E-state index in [1.165, 1.54) is 38.9 Å². The zero-order chi connectivity index (χ0) is 10.4. The Kier molecular flexibility index (Phi) is 5.02. The molecular formula is C12H24N2. The van der Waals surface area contributed by atoms with Gasteiger partial charge in [0.25, 0.3) is 0 Å². The third kappa shape index (κ3) is 3.33.